The van der Waals surface area contributed by atoms with E-state index in [-0.39, 0.29) is 5.78 Å². The maximum absolute atomic E-state index is 12.5. The third-order valence-electron chi connectivity index (χ3n) is 4.77. The number of aryl methyl sites for hydroxylation is 1. The molecule has 2 aromatic carbocycles. The number of hydrogen-bond acceptors (Lipinski definition) is 5. The second-order valence-corrected chi connectivity index (χ2v) is 6.84. The Morgan fingerprint density at radius 1 is 1.03 bits per heavy atom. The number of carbonyl (C=O) groups excluding carboxylic acids is 2. The molecular weight excluding hydrogens is 380 g/mol. The van der Waals surface area contributed by atoms with Crippen LogP contribution in [-0.4, -0.2) is 34.7 Å². The van der Waals surface area contributed by atoms with Gasteiger partial charge in [0.15, 0.2) is 6.10 Å². The average Bonchev–Trinajstić information content (AvgIpc) is 3.05. The summed E-state index contributed by atoms with van der Waals surface area (Å²) in [5.41, 5.74) is 3.94. The van der Waals surface area contributed by atoms with Gasteiger partial charge in [0, 0.05) is 22.9 Å². The molecule has 0 bridgehead atoms. The molecular formula is C24H24N2O4. The Morgan fingerprint density at radius 3 is 2.33 bits per heavy atom. The fourth-order valence-corrected chi connectivity index (χ4v) is 3.12. The number of carbonyl (C=O) groups is 2. The molecule has 0 aliphatic rings. The monoisotopic (exact) mass is 404 g/mol. The molecule has 6 nitrogen and oxygen atoms in total. The smallest absolute Gasteiger partial charge is 0.331 e. The number of benzene rings is 2. The highest BCUT2D eigenvalue weighted by atomic mass is 16.5. The summed E-state index contributed by atoms with van der Waals surface area (Å²) in [6.07, 6.45) is 2.10. The zero-order chi connectivity index (χ0) is 21.7. The van der Waals surface area contributed by atoms with Gasteiger partial charge in [0.05, 0.1) is 18.5 Å². The molecule has 0 aliphatic carbocycles. The molecule has 0 fully saturated rings. The summed E-state index contributed by atoms with van der Waals surface area (Å²) in [6, 6.07) is 16.4. The van der Waals surface area contributed by atoms with Gasteiger partial charge in [0.1, 0.15) is 5.75 Å². The number of ketones is 1. The third kappa shape index (κ3) is 4.66. The Morgan fingerprint density at radius 2 is 1.70 bits per heavy atom. The van der Waals surface area contributed by atoms with Crippen LogP contribution < -0.4 is 4.74 Å². The van der Waals surface area contributed by atoms with Crippen molar-refractivity contribution in [3.8, 4) is 11.4 Å². The van der Waals surface area contributed by atoms with Crippen LogP contribution in [0.2, 0.25) is 0 Å². The fourth-order valence-electron chi connectivity index (χ4n) is 3.12. The summed E-state index contributed by atoms with van der Waals surface area (Å²) in [7, 11) is 1.56. The summed E-state index contributed by atoms with van der Waals surface area (Å²) in [4.78, 5) is 24.7. The van der Waals surface area contributed by atoms with Crippen LogP contribution in [0.3, 0.4) is 0 Å². The van der Waals surface area contributed by atoms with Gasteiger partial charge in [-0.1, -0.05) is 18.2 Å². The second kappa shape index (κ2) is 9.22. The molecule has 1 heterocycles. The number of aromatic nitrogens is 2. The molecule has 0 radical (unpaired) electrons. The van der Waals surface area contributed by atoms with Crippen molar-refractivity contribution in [2.75, 3.05) is 7.11 Å². The minimum Gasteiger partial charge on any atom is -0.497 e. The average molecular weight is 404 g/mol. The number of rotatable bonds is 7. The number of ether oxygens (including phenoxy) is 2. The number of hydrogen-bond donors (Lipinski definition) is 0. The maximum atomic E-state index is 12.5. The quantitative estimate of drug-likeness (QED) is 0.333. The molecule has 3 rings (SSSR count). The zero-order valence-corrected chi connectivity index (χ0v) is 17.5. The van der Waals surface area contributed by atoms with Gasteiger partial charge >= 0.3 is 5.97 Å². The van der Waals surface area contributed by atoms with Crippen LogP contribution in [0.4, 0.5) is 0 Å². The standard InChI is InChI=1S/C24H24N2O4/c1-16-22(17(2)26(25-16)20-8-6-5-7-9-20)14-15-23(27)30-18(3)24(28)19-10-12-21(29-4)13-11-19/h5-15,18H,1-4H3/b15-14+/t18-/m1/s1. The SMILES string of the molecule is COc1ccc(C(=O)[C@@H](C)OC(=O)/C=C/c2c(C)nn(-c3ccccc3)c2C)cc1. The van der Waals surface area contributed by atoms with Crippen LogP contribution >= 0.6 is 0 Å². The van der Waals surface area contributed by atoms with Crippen molar-refractivity contribution in [3.05, 3.63) is 83.2 Å². The summed E-state index contributed by atoms with van der Waals surface area (Å²) in [5, 5.41) is 4.55. The second-order valence-electron chi connectivity index (χ2n) is 6.84. The molecule has 0 saturated heterocycles. The number of esters is 1. The molecule has 1 aromatic heterocycles. The first kappa shape index (κ1) is 21.0. The molecule has 0 amide bonds. The minimum atomic E-state index is -0.898. The van der Waals surface area contributed by atoms with E-state index in [4.69, 9.17) is 9.47 Å². The van der Waals surface area contributed by atoms with Crippen LogP contribution in [0.1, 0.15) is 34.2 Å². The van der Waals surface area contributed by atoms with E-state index in [1.807, 2.05) is 48.9 Å². The van der Waals surface area contributed by atoms with Crippen LogP contribution in [0.15, 0.2) is 60.7 Å². The van der Waals surface area contributed by atoms with Gasteiger partial charge in [-0.25, -0.2) is 9.48 Å². The summed E-state index contributed by atoms with van der Waals surface area (Å²) < 4.78 is 12.2. The van der Waals surface area contributed by atoms with Crippen molar-refractivity contribution in [2.45, 2.75) is 26.9 Å². The number of methoxy groups -OCH3 is 1. The third-order valence-corrected chi connectivity index (χ3v) is 4.77. The Bertz CT molecular complexity index is 1070. The normalized spacial score (nSPS) is 12.0. The lowest BCUT2D eigenvalue weighted by Crippen LogP contribution is -2.23. The van der Waals surface area contributed by atoms with Gasteiger partial charge in [-0.2, -0.15) is 5.10 Å². The molecule has 0 unspecified atom stereocenters. The summed E-state index contributed by atoms with van der Waals surface area (Å²) in [6.45, 7) is 5.38. The zero-order valence-electron chi connectivity index (χ0n) is 17.5. The van der Waals surface area contributed by atoms with Crippen molar-refractivity contribution in [1.29, 1.82) is 0 Å². The summed E-state index contributed by atoms with van der Waals surface area (Å²) >= 11 is 0. The molecule has 0 aliphatic heterocycles. The molecule has 3 aromatic rings. The van der Waals surface area contributed by atoms with Crippen molar-refractivity contribution in [3.63, 3.8) is 0 Å². The Balaban J connectivity index is 1.68. The topological polar surface area (TPSA) is 70.4 Å². The van der Waals surface area contributed by atoms with E-state index in [9.17, 15) is 9.59 Å². The van der Waals surface area contributed by atoms with Gasteiger partial charge in [0.25, 0.3) is 0 Å². The fraction of sp³-hybridized carbons (Fsp3) is 0.208. The van der Waals surface area contributed by atoms with Gasteiger partial charge in [-0.3, -0.25) is 4.79 Å². The van der Waals surface area contributed by atoms with Crippen molar-refractivity contribution in [1.82, 2.24) is 9.78 Å². The molecule has 1 atom stereocenters. The van der Waals surface area contributed by atoms with Crippen LogP contribution in [0.25, 0.3) is 11.8 Å². The van der Waals surface area contributed by atoms with Crippen LogP contribution in [-0.2, 0) is 9.53 Å². The lowest BCUT2D eigenvalue weighted by Gasteiger charge is -2.11. The first-order valence-electron chi connectivity index (χ1n) is 9.59. The van der Waals surface area contributed by atoms with Gasteiger partial charge in [-0.05, 0) is 63.2 Å². The summed E-state index contributed by atoms with van der Waals surface area (Å²) in [5.74, 6) is -0.208. The number of nitrogens with zero attached hydrogens (tertiary/aromatic N) is 2. The van der Waals surface area contributed by atoms with E-state index in [0.29, 0.717) is 11.3 Å². The van der Waals surface area contributed by atoms with E-state index in [1.165, 1.54) is 6.08 Å². The van der Waals surface area contributed by atoms with E-state index in [0.717, 1.165) is 22.6 Å². The van der Waals surface area contributed by atoms with Crippen molar-refractivity contribution >= 4 is 17.8 Å². The van der Waals surface area contributed by atoms with Crippen molar-refractivity contribution < 1.29 is 19.1 Å². The number of para-hydroxylation sites is 1. The maximum Gasteiger partial charge on any atom is 0.331 e. The highest BCUT2D eigenvalue weighted by molar-refractivity contribution is 6.01. The molecule has 0 N–H and O–H groups in total. The first-order chi connectivity index (χ1) is 14.4. The van der Waals surface area contributed by atoms with Crippen molar-refractivity contribution in [2.24, 2.45) is 0 Å². The Hall–Kier alpha value is -3.67. The van der Waals surface area contributed by atoms with Crippen LogP contribution in [0.5, 0.6) is 5.75 Å². The lowest BCUT2D eigenvalue weighted by atomic mass is 10.1. The van der Waals surface area contributed by atoms with E-state index in [1.54, 1.807) is 44.4 Å². The van der Waals surface area contributed by atoms with Gasteiger partial charge in [-0.15, -0.1) is 0 Å². The molecule has 6 heteroatoms. The molecule has 30 heavy (non-hydrogen) atoms. The lowest BCUT2D eigenvalue weighted by molar-refractivity contribution is -0.140. The van der Waals surface area contributed by atoms with E-state index >= 15 is 0 Å². The van der Waals surface area contributed by atoms with Gasteiger partial charge in [0.2, 0.25) is 5.78 Å². The minimum absolute atomic E-state index is 0.274. The van der Waals surface area contributed by atoms with Crippen LogP contribution in [0, 0.1) is 13.8 Å². The van der Waals surface area contributed by atoms with Gasteiger partial charge < -0.3 is 9.47 Å². The van der Waals surface area contributed by atoms with E-state index in [2.05, 4.69) is 5.10 Å². The predicted molar refractivity (Wildman–Crippen MR) is 115 cm³/mol. The van der Waals surface area contributed by atoms with E-state index < -0.39 is 12.1 Å². The molecule has 0 saturated carbocycles. The Kier molecular flexibility index (Phi) is 6.47. The highest BCUT2D eigenvalue weighted by Gasteiger charge is 2.19. The molecule has 0 spiro atoms. The Labute approximate surface area is 175 Å². The highest BCUT2D eigenvalue weighted by Crippen LogP contribution is 2.19. The number of Topliss-reactive ketones (excluding diaryl/α,β-unsaturated/α-hetero) is 1. The largest absolute Gasteiger partial charge is 0.497 e. The predicted octanol–water partition coefficient (Wildman–Crippen LogP) is 4.33. The molecule has 154 valence electrons. The first-order valence-corrected chi connectivity index (χ1v) is 9.59.